The number of halogens is 1. The molecule has 3 aliphatic rings. The van der Waals surface area contributed by atoms with Crippen LogP contribution in [0.4, 0.5) is 4.39 Å². The van der Waals surface area contributed by atoms with Crippen molar-refractivity contribution in [2.45, 2.75) is 53.6 Å². The van der Waals surface area contributed by atoms with Crippen molar-refractivity contribution in [3.8, 4) is 0 Å². The fraction of sp³-hybridized carbons (Fsp3) is 0.882. The second kappa shape index (κ2) is 5.20. The maximum absolute atomic E-state index is 14.8. The molecule has 2 heteroatoms. The van der Waals surface area contributed by atoms with Crippen LogP contribution >= 0.6 is 0 Å². The summed E-state index contributed by atoms with van der Waals surface area (Å²) in [5.41, 5.74) is 2.95. The molecule has 1 saturated heterocycles. The number of piperidine rings is 1. The van der Waals surface area contributed by atoms with E-state index in [9.17, 15) is 4.39 Å². The highest BCUT2D eigenvalue weighted by atomic mass is 19.1. The van der Waals surface area contributed by atoms with Gasteiger partial charge in [-0.05, 0) is 51.1 Å². The molecule has 3 rings (SSSR count). The minimum Gasteiger partial charge on any atom is -0.303 e. The van der Waals surface area contributed by atoms with Gasteiger partial charge in [-0.15, -0.1) is 0 Å². The van der Waals surface area contributed by atoms with Crippen molar-refractivity contribution in [1.29, 1.82) is 0 Å². The fourth-order valence-corrected chi connectivity index (χ4v) is 4.78. The van der Waals surface area contributed by atoms with Crippen LogP contribution in [0.5, 0.6) is 0 Å². The van der Waals surface area contributed by atoms with E-state index in [4.69, 9.17) is 0 Å². The third kappa shape index (κ3) is 2.07. The Labute approximate surface area is 118 Å². The Hall–Kier alpha value is -0.370. The van der Waals surface area contributed by atoms with E-state index >= 15 is 0 Å². The number of rotatable bonds is 1. The van der Waals surface area contributed by atoms with E-state index in [1.807, 2.05) is 20.9 Å². The monoisotopic (exact) mass is 267 g/mol. The first-order chi connectivity index (χ1) is 8.98. The zero-order valence-corrected chi connectivity index (χ0v) is 13.5. The highest BCUT2D eigenvalue weighted by molar-refractivity contribution is 5.41. The maximum atomic E-state index is 14.8. The molecule has 110 valence electrons. The van der Waals surface area contributed by atoms with Gasteiger partial charge in [0.05, 0.1) is 0 Å². The van der Waals surface area contributed by atoms with Gasteiger partial charge in [-0.25, -0.2) is 4.39 Å². The van der Waals surface area contributed by atoms with Gasteiger partial charge in [0.25, 0.3) is 0 Å². The smallest absolute Gasteiger partial charge is 0.122 e. The molecule has 0 N–H and O–H groups in total. The van der Waals surface area contributed by atoms with Gasteiger partial charge >= 0.3 is 0 Å². The molecule has 0 aromatic rings. The molecule has 0 radical (unpaired) electrons. The minimum atomic E-state index is -0.647. The highest BCUT2D eigenvalue weighted by Gasteiger charge is 2.65. The molecular weight excluding hydrogens is 237 g/mol. The van der Waals surface area contributed by atoms with Crippen LogP contribution in [-0.4, -0.2) is 31.2 Å². The van der Waals surface area contributed by atoms with Crippen molar-refractivity contribution in [3.05, 3.63) is 11.1 Å². The molecule has 2 unspecified atom stereocenters. The van der Waals surface area contributed by atoms with E-state index in [1.165, 1.54) is 17.6 Å². The molecule has 2 fully saturated rings. The van der Waals surface area contributed by atoms with Gasteiger partial charge in [0.1, 0.15) is 6.17 Å². The predicted octanol–water partition coefficient (Wildman–Crippen LogP) is 4.29. The van der Waals surface area contributed by atoms with Crippen LogP contribution in [0.2, 0.25) is 0 Å². The average molecular weight is 267 g/mol. The maximum Gasteiger partial charge on any atom is 0.122 e. The molecule has 0 aromatic carbocycles. The SMILES string of the molecule is CC.CC1=C(C(C)C)[C@@]2(CCN(C)C[C@H]2F)C2CC12. The largest absolute Gasteiger partial charge is 0.303 e. The highest BCUT2D eigenvalue weighted by Crippen LogP contribution is 2.69. The fourth-order valence-electron chi connectivity index (χ4n) is 4.78. The van der Waals surface area contributed by atoms with E-state index in [-0.39, 0.29) is 5.41 Å². The molecule has 0 amide bonds. The van der Waals surface area contributed by atoms with Crippen molar-refractivity contribution < 1.29 is 4.39 Å². The number of hydrogen-bond acceptors (Lipinski definition) is 1. The lowest BCUT2D eigenvalue weighted by Crippen LogP contribution is -2.49. The number of nitrogens with zero attached hydrogens (tertiary/aromatic N) is 1. The van der Waals surface area contributed by atoms with E-state index in [0.29, 0.717) is 18.4 Å². The van der Waals surface area contributed by atoms with Gasteiger partial charge in [-0.2, -0.15) is 0 Å². The normalized spacial score (nSPS) is 41.4. The van der Waals surface area contributed by atoms with Gasteiger partial charge in [0, 0.05) is 12.0 Å². The van der Waals surface area contributed by atoms with Gasteiger partial charge in [-0.1, -0.05) is 38.8 Å². The first-order valence-corrected chi connectivity index (χ1v) is 8.02. The summed E-state index contributed by atoms with van der Waals surface area (Å²) in [6.07, 6.45) is 1.65. The van der Waals surface area contributed by atoms with Gasteiger partial charge < -0.3 is 4.90 Å². The van der Waals surface area contributed by atoms with Crippen LogP contribution in [0.25, 0.3) is 0 Å². The van der Waals surface area contributed by atoms with Crippen LogP contribution < -0.4 is 0 Å². The van der Waals surface area contributed by atoms with Crippen molar-refractivity contribution in [2.75, 3.05) is 20.1 Å². The van der Waals surface area contributed by atoms with Crippen molar-refractivity contribution in [1.82, 2.24) is 4.90 Å². The van der Waals surface area contributed by atoms with Gasteiger partial charge in [0.2, 0.25) is 0 Å². The lowest BCUT2D eigenvalue weighted by molar-refractivity contribution is 0.0246. The summed E-state index contributed by atoms with van der Waals surface area (Å²) in [6.45, 7) is 12.5. The second-order valence-corrected chi connectivity index (χ2v) is 6.72. The minimum absolute atomic E-state index is 0.0740. The number of alkyl halides is 1. The van der Waals surface area contributed by atoms with Crippen molar-refractivity contribution in [3.63, 3.8) is 0 Å². The van der Waals surface area contributed by atoms with E-state index < -0.39 is 6.17 Å². The predicted molar refractivity (Wildman–Crippen MR) is 79.9 cm³/mol. The summed E-state index contributed by atoms with van der Waals surface area (Å²) in [5, 5.41) is 0. The van der Waals surface area contributed by atoms with Crippen LogP contribution in [0.3, 0.4) is 0 Å². The summed E-state index contributed by atoms with van der Waals surface area (Å²) in [7, 11) is 2.05. The van der Waals surface area contributed by atoms with Crippen molar-refractivity contribution >= 4 is 0 Å². The molecule has 1 aliphatic heterocycles. The number of allylic oxidation sites excluding steroid dienone is 2. The number of likely N-dealkylation sites (tertiary alicyclic amines) is 1. The van der Waals surface area contributed by atoms with Gasteiger partial charge in [-0.3, -0.25) is 0 Å². The molecule has 0 bridgehead atoms. The molecule has 19 heavy (non-hydrogen) atoms. The summed E-state index contributed by atoms with van der Waals surface area (Å²) in [4.78, 5) is 2.15. The molecular formula is C17H30FN. The Balaban J connectivity index is 0.000000637. The number of fused-ring (bicyclic) bond motifs is 2. The lowest BCUT2D eigenvalue weighted by Gasteiger charge is -2.45. The van der Waals surface area contributed by atoms with E-state index in [2.05, 4.69) is 25.7 Å². The van der Waals surface area contributed by atoms with Gasteiger partial charge in [0.15, 0.2) is 0 Å². The molecule has 1 spiro atoms. The third-order valence-electron chi connectivity index (χ3n) is 5.45. The summed E-state index contributed by atoms with van der Waals surface area (Å²) in [6, 6.07) is 0. The summed E-state index contributed by atoms with van der Waals surface area (Å²) in [5.74, 6) is 1.89. The molecule has 1 heterocycles. The van der Waals surface area contributed by atoms with E-state index in [1.54, 1.807) is 0 Å². The Morgan fingerprint density at radius 1 is 1.32 bits per heavy atom. The van der Waals surface area contributed by atoms with Crippen LogP contribution in [0.1, 0.15) is 47.5 Å². The number of hydrogen-bond donors (Lipinski definition) is 0. The summed E-state index contributed by atoms with van der Waals surface area (Å²) >= 11 is 0. The Morgan fingerprint density at radius 3 is 2.47 bits per heavy atom. The molecule has 1 saturated carbocycles. The zero-order chi connectivity index (χ0) is 14.4. The molecule has 1 nitrogen and oxygen atoms in total. The Morgan fingerprint density at radius 2 is 1.95 bits per heavy atom. The van der Waals surface area contributed by atoms with Crippen LogP contribution in [0.15, 0.2) is 11.1 Å². The Bertz CT molecular complexity index is 373. The Kier molecular flexibility index (Phi) is 4.11. The summed E-state index contributed by atoms with van der Waals surface area (Å²) < 4.78 is 14.8. The van der Waals surface area contributed by atoms with Crippen LogP contribution in [-0.2, 0) is 0 Å². The molecule has 4 atom stereocenters. The third-order valence-corrected chi connectivity index (χ3v) is 5.45. The first kappa shape index (κ1) is 15.0. The quantitative estimate of drug-likeness (QED) is 0.640. The van der Waals surface area contributed by atoms with Crippen LogP contribution in [0, 0.1) is 23.2 Å². The first-order valence-electron chi connectivity index (χ1n) is 8.02. The zero-order valence-electron chi connectivity index (χ0n) is 13.5. The molecule has 2 aliphatic carbocycles. The lowest BCUT2D eigenvalue weighted by atomic mass is 9.66. The molecule has 0 aromatic heterocycles. The van der Waals surface area contributed by atoms with E-state index in [0.717, 1.165) is 18.9 Å². The second-order valence-electron chi connectivity index (χ2n) is 6.72. The standard InChI is InChI=1S/C15H24FN.C2H6/c1-9(2)14-10(3)11-7-12(11)15(14)5-6-17(4)8-13(15)16;1-2/h9,11-13H,5-8H2,1-4H3;1-2H3/t11?,12?,13-,15+;/m1./s1. The average Bonchev–Trinajstić information content (AvgIpc) is 3.11. The van der Waals surface area contributed by atoms with Crippen molar-refractivity contribution in [2.24, 2.45) is 23.2 Å². The topological polar surface area (TPSA) is 3.24 Å².